The molecule has 1 heterocycles. The summed E-state index contributed by atoms with van der Waals surface area (Å²) in [4.78, 5) is 8.65. The smallest absolute Gasteiger partial charge is 0.190 e. The molecule has 2 rings (SSSR count). The Bertz CT molecular complexity index is 665. The van der Waals surface area contributed by atoms with Crippen LogP contribution in [0.15, 0.2) is 29.4 Å². The van der Waals surface area contributed by atoms with E-state index in [4.69, 9.17) is 22.6 Å². The summed E-state index contributed by atoms with van der Waals surface area (Å²) < 4.78 is 0. The Labute approximate surface area is 133 Å². The molecular formula is C15H15ClN4S. The topological polar surface area (TPSA) is 75.6 Å². The average Bonchev–Trinajstić information content (AvgIpc) is 2.47. The fourth-order valence-electron chi connectivity index (χ4n) is 1.84. The Morgan fingerprint density at radius 3 is 2.62 bits per heavy atom. The van der Waals surface area contributed by atoms with E-state index in [0.29, 0.717) is 15.7 Å². The first kappa shape index (κ1) is 15.6. The molecule has 0 spiro atoms. The van der Waals surface area contributed by atoms with Crippen LogP contribution in [0.1, 0.15) is 30.2 Å². The number of aromatic nitrogens is 2. The van der Waals surface area contributed by atoms with Gasteiger partial charge < -0.3 is 5.73 Å². The number of aryl methyl sites for hydroxylation is 1. The van der Waals surface area contributed by atoms with Gasteiger partial charge >= 0.3 is 0 Å². The van der Waals surface area contributed by atoms with Crippen molar-refractivity contribution in [2.45, 2.75) is 30.7 Å². The van der Waals surface area contributed by atoms with Gasteiger partial charge in [0.15, 0.2) is 5.16 Å². The molecule has 2 aromatic rings. The summed E-state index contributed by atoms with van der Waals surface area (Å²) in [5, 5.41) is 10.4. The average molecular weight is 319 g/mol. The predicted octanol–water partition coefficient (Wildman–Crippen LogP) is 3.83. The molecule has 1 aromatic carbocycles. The minimum Gasteiger partial charge on any atom is -0.382 e. The van der Waals surface area contributed by atoms with Crippen LogP contribution in [-0.2, 0) is 12.2 Å². The Morgan fingerprint density at radius 2 is 2.00 bits per heavy atom. The second-order valence-corrected chi connectivity index (χ2v) is 5.87. The second kappa shape index (κ2) is 7.30. The van der Waals surface area contributed by atoms with E-state index in [9.17, 15) is 0 Å². The summed E-state index contributed by atoms with van der Waals surface area (Å²) in [6.07, 6.45) is 1.64. The fourth-order valence-corrected chi connectivity index (χ4v) is 2.79. The van der Waals surface area contributed by atoms with Crippen molar-refractivity contribution in [2.75, 3.05) is 5.73 Å². The largest absolute Gasteiger partial charge is 0.382 e. The molecule has 4 nitrogen and oxygen atoms in total. The van der Waals surface area contributed by atoms with Crippen LogP contribution in [0, 0.1) is 11.3 Å². The quantitative estimate of drug-likeness (QED) is 0.669. The standard InChI is InChI=1S/C15H15ClN4S/c1-2-3-13-12(8-17)14(18)20-15(19-13)21-9-10-4-6-11(16)7-5-10/h4-7H,2-3,9H2,1H3,(H2,18,19,20). The van der Waals surface area contributed by atoms with E-state index < -0.39 is 0 Å². The molecule has 0 amide bonds. The maximum absolute atomic E-state index is 9.12. The van der Waals surface area contributed by atoms with Crippen LogP contribution < -0.4 is 5.73 Å². The summed E-state index contributed by atoms with van der Waals surface area (Å²) in [6.45, 7) is 2.04. The zero-order valence-corrected chi connectivity index (χ0v) is 13.2. The molecule has 21 heavy (non-hydrogen) atoms. The number of anilines is 1. The third-order valence-corrected chi connectivity index (χ3v) is 4.04. The first-order valence-corrected chi connectivity index (χ1v) is 7.94. The van der Waals surface area contributed by atoms with Crippen LogP contribution in [0.5, 0.6) is 0 Å². The molecule has 0 saturated carbocycles. The van der Waals surface area contributed by atoms with Crippen LogP contribution in [0.3, 0.4) is 0 Å². The Morgan fingerprint density at radius 1 is 1.29 bits per heavy atom. The van der Waals surface area contributed by atoms with Gasteiger partial charge in [-0.3, -0.25) is 0 Å². The molecule has 0 radical (unpaired) electrons. The lowest BCUT2D eigenvalue weighted by molar-refractivity contribution is 0.826. The second-order valence-electron chi connectivity index (χ2n) is 4.49. The van der Waals surface area contributed by atoms with E-state index in [1.54, 1.807) is 0 Å². The lowest BCUT2D eigenvalue weighted by atomic mass is 10.1. The van der Waals surface area contributed by atoms with Crippen molar-refractivity contribution in [2.24, 2.45) is 0 Å². The molecule has 0 atom stereocenters. The highest BCUT2D eigenvalue weighted by Crippen LogP contribution is 2.24. The number of benzene rings is 1. The SMILES string of the molecule is CCCc1nc(SCc2ccc(Cl)cc2)nc(N)c1C#N. The first-order chi connectivity index (χ1) is 10.1. The Balaban J connectivity index is 2.16. The van der Waals surface area contributed by atoms with Crippen molar-refractivity contribution < 1.29 is 0 Å². The van der Waals surface area contributed by atoms with Gasteiger partial charge in [-0.25, -0.2) is 9.97 Å². The first-order valence-electron chi connectivity index (χ1n) is 6.57. The van der Waals surface area contributed by atoms with Crippen LogP contribution in [-0.4, -0.2) is 9.97 Å². The van der Waals surface area contributed by atoms with E-state index in [1.165, 1.54) is 11.8 Å². The Kier molecular flexibility index (Phi) is 5.43. The summed E-state index contributed by atoms with van der Waals surface area (Å²) >= 11 is 7.36. The van der Waals surface area contributed by atoms with Crippen LogP contribution in [0.25, 0.3) is 0 Å². The van der Waals surface area contributed by atoms with E-state index in [2.05, 4.69) is 16.0 Å². The molecule has 2 N–H and O–H groups in total. The number of halogens is 1. The number of hydrogen-bond donors (Lipinski definition) is 1. The van der Waals surface area contributed by atoms with Crippen molar-refractivity contribution in [3.05, 3.63) is 46.1 Å². The molecule has 0 bridgehead atoms. The lowest BCUT2D eigenvalue weighted by Crippen LogP contribution is -2.05. The number of rotatable bonds is 5. The van der Waals surface area contributed by atoms with Crippen molar-refractivity contribution >= 4 is 29.2 Å². The Hall–Kier alpha value is -1.77. The summed E-state index contributed by atoms with van der Waals surface area (Å²) in [5.41, 5.74) is 8.10. The molecule has 1 aromatic heterocycles. The minimum atomic E-state index is 0.259. The van der Waals surface area contributed by atoms with Crippen LogP contribution >= 0.6 is 23.4 Å². The van der Waals surface area contributed by atoms with E-state index >= 15 is 0 Å². The summed E-state index contributed by atoms with van der Waals surface area (Å²) in [6, 6.07) is 9.73. The number of thioether (sulfide) groups is 1. The third-order valence-electron chi connectivity index (χ3n) is 2.87. The molecule has 0 fully saturated rings. The zero-order chi connectivity index (χ0) is 15.2. The van der Waals surface area contributed by atoms with E-state index in [0.717, 1.165) is 29.9 Å². The van der Waals surface area contributed by atoms with Gasteiger partial charge in [-0.05, 0) is 24.1 Å². The highest BCUT2D eigenvalue weighted by molar-refractivity contribution is 7.98. The van der Waals surface area contributed by atoms with Crippen LogP contribution in [0.4, 0.5) is 5.82 Å². The highest BCUT2D eigenvalue weighted by atomic mass is 35.5. The molecule has 6 heteroatoms. The number of nitrogen functional groups attached to an aromatic ring is 1. The number of hydrogen-bond acceptors (Lipinski definition) is 5. The zero-order valence-electron chi connectivity index (χ0n) is 11.6. The molecule has 0 aliphatic carbocycles. The molecule has 0 unspecified atom stereocenters. The predicted molar refractivity (Wildman–Crippen MR) is 86.2 cm³/mol. The maximum Gasteiger partial charge on any atom is 0.190 e. The minimum absolute atomic E-state index is 0.259. The normalized spacial score (nSPS) is 10.3. The summed E-state index contributed by atoms with van der Waals surface area (Å²) in [7, 11) is 0. The van der Waals surface area contributed by atoms with Gasteiger partial charge in [0.25, 0.3) is 0 Å². The third kappa shape index (κ3) is 4.10. The van der Waals surface area contributed by atoms with Crippen molar-refractivity contribution in [3.63, 3.8) is 0 Å². The fraction of sp³-hybridized carbons (Fsp3) is 0.267. The highest BCUT2D eigenvalue weighted by Gasteiger charge is 2.12. The van der Waals surface area contributed by atoms with Gasteiger partial charge in [0.05, 0.1) is 5.69 Å². The van der Waals surface area contributed by atoms with Crippen molar-refractivity contribution in [1.82, 2.24) is 9.97 Å². The molecule has 0 aliphatic rings. The van der Waals surface area contributed by atoms with Gasteiger partial charge in [0.1, 0.15) is 17.5 Å². The maximum atomic E-state index is 9.12. The van der Waals surface area contributed by atoms with Gasteiger partial charge in [-0.2, -0.15) is 5.26 Å². The number of nitriles is 1. The number of nitrogens with two attached hydrogens (primary N) is 1. The van der Waals surface area contributed by atoms with E-state index in [1.807, 2.05) is 31.2 Å². The van der Waals surface area contributed by atoms with Crippen molar-refractivity contribution in [1.29, 1.82) is 5.26 Å². The van der Waals surface area contributed by atoms with Crippen molar-refractivity contribution in [3.8, 4) is 6.07 Å². The van der Waals surface area contributed by atoms with E-state index in [-0.39, 0.29) is 5.82 Å². The van der Waals surface area contributed by atoms with Gasteiger partial charge in [-0.15, -0.1) is 0 Å². The lowest BCUT2D eigenvalue weighted by Gasteiger charge is -2.07. The molecular weight excluding hydrogens is 304 g/mol. The monoisotopic (exact) mass is 318 g/mol. The van der Waals surface area contributed by atoms with Gasteiger partial charge in [-0.1, -0.05) is 48.8 Å². The molecule has 0 saturated heterocycles. The summed E-state index contributed by atoms with van der Waals surface area (Å²) in [5.74, 6) is 0.989. The van der Waals surface area contributed by atoms with Gasteiger partial charge in [0, 0.05) is 10.8 Å². The molecule has 108 valence electrons. The molecule has 0 aliphatic heterocycles. The van der Waals surface area contributed by atoms with Gasteiger partial charge in [0.2, 0.25) is 0 Å². The van der Waals surface area contributed by atoms with Crippen LogP contribution in [0.2, 0.25) is 5.02 Å². The number of nitrogens with zero attached hydrogens (tertiary/aromatic N) is 3.